The summed E-state index contributed by atoms with van der Waals surface area (Å²) in [7, 11) is 0. The number of aryl methyl sites for hydroxylation is 1. The summed E-state index contributed by atoms with van der Waals surface area (Å²) < 4.78 is 7.78. The molecule has 2 heterocycles. The molecular formula is C17H24N4O. The molecule has 0 bridgehead atoms. The molecule has 1 fully saturated rings. The lowest BCUT2D eigenvalue weighted by Gasteiger charge is -2.25. The first-order chi connectivity index (χ1) is 10.8. The second-order valence-corrected chi connectivity index (χ2v) is 5.78. The highest BCUT2D eigenvalue weighted by Gasteiger charge is 2.20. The maximum Gasteiger partial charge on any atom is 0.141 e. The van der Waals surface area contributed by atoms with Crippen molar-refractivity contribution in [3.63, 3.8) is 0 Å². The minimum atomic E-state index is 0.349. The van der Waals surface area contributed by atoms with E-state index in [-0.39, 0.29) is 0 Å². The zero-order chi connectivity index (χ0) is 15.2. The van der Waals surface area contributed by atoms with Crippen LogP contribution in [0.25, 0.3) is 0 Å². The minimum absolute atomic E-state index is 0.349. The molecule has 2 aromatic rings. The maximum atomic E-state index is 5.81. The van der Waals surface area contributed by atoms with Gasteiger partial charge >= 0.3 is 0 Å². The normalized spacial score (nSPS) is 18.2. The van der Waals surface area contributed by atoms with Crippen LogP contribution >= 0.6 is 0 Å². The average Bonchev–Trinajstić information content (AvgIpc) is 3.20. The fraction of sp³-hybridized carbons (Fsp3) is 0.529. The molecular weight excluding hydrogens is 276 g/mol. The van der Waals surface area contributed by atoms with Gasteiger partial charge in [0.05, 0.1) is 12.6 Å². The standard InChI is InChI=1S/C17H24N4O/c1-2-21-17(18-14-19-21)13-20(12-16-9-6-10-22-16)11-15-7-4-3-5-8-15/h3-5,7-8,14,16H,2,6,9-13H2,1H3/t16-/m1/s1. The third-order valence-corrected chi connectivity index (χ3v) is 4.10. The van der Waals surface area contributed by atoms with Gasteiger partial charge in [-0.1, -0.05) is 30.3 Å². The second kappa shape index (κ2) is 7.51. The molecule has 0 spiro atoms. The number of nitrogens with zero attached hydrogens (tertiary/aromatic N) is 4. The van der Waals surface area contributed by atoms with Crippen molar-refractivity contribution in [1.82, 2.24) is 19.7 Å². The van der Waals surface area contributed by atoms with Gasteiger partial charge < -0.3 is 4.74 Å². The molecule has 1 aliphatic heterocycles. The molecule has 1 aromatic carbocycles. The largest absolute Gasteiger partial charge is 0.377 e. The molecule has 1 aliphatic rings. The summed E-state index contributed by atoms with van der Waals surface area (Å²) in [6.07, 6.45) is 4.33. The van der Waals surface area contributed by atoms with Gasteiger partial charge in [0.15, 0.2) is 0 Å². The van der Waals surface area contributed by atoms with Gasteiger partial charge in [-0.25, -0.2) is 9.67 Å². The smallest absolute Gasteiger partial charge is 0.141 e. The summed E-state index contributed by atoms with van der Waals surface area (Å²) in [6.45, 7) is 6.52. The molecule has 0 radical (unpaired) electrons. The summed E-state index contributed by atoms with van der Waals surface area (Å²) in [5.74, 6) is 1.02. The number of aromatic nitrogens is 3. The number of ether oxygens (including phenoxy) is 1. The Kier molecular flexibility index (Phi) is 5.19. The maximum absolute atomic E-state index is 5.81. The highest BCUT2D eigenvalue weighted by Crippen LogP contribution is 2.16. The monoisotopic (exact) mass is 300 g/mol. The summed E-state index contributed by atoms with van der Waals surface area (Å²) in [4.78, 5) is 6.83. The molecule has 0 aliphatic carbocycles. The molecule has 3 rings (SSSR count). The number of hydrogen-bond donors (Lipinski definition) is 0. The molecule has 118 valence electrons. The van der Waals surface area contributed by atoms with Crippen molar-refractivity contribution in [1.29, 1.82) is 0 Å². The van der Waals surface area contributed by atoms with Crippen LogP contribution in [0.1, 0.15) is 31.2 Å². The van der Waals surface area contributed by atoms with E-state index in [0.29, 0.717) is 6.10 Å². The fourth-order valence-electron chi connectivity index (χ4n) is 2.98. The van der Waals surface area contributed by atoms with Gasteiger partial charge in [0, 0.05) is 26.2 Å². The van der Waals surface area contributed by atoms with Crippen molar-refractivity contribution in [3.8, 4) is 0 Å². The topological polar surface area (TPSA) is 43.2 Å². The van der Waals surface area contributed by atoms with Gasteiger partial charge in [-0.15, -0.1) is 0 Å². The van der Waals surface area contributed by atoms with Crippen LogP contribution in [-0.2, 0) is 24.4 Å². The minimum Gasteiger partial charge on any atom is -0.377 e. The Bertz CT molecular complexity index is 563. The van der Waals surface area contributed by atoms with E-state index in [1.807, 2.05) is 4.68 Å². The van der Waals surface area contributed by atoms with Crippen molar-refractivity contribution in [2.75, 3.05) is 13.2 Å². The Morgan fingerprint density at radius 3 is 2.86 bits per heavy atom. The van der Waals surface area contributed by atoms with Crippen molar-refractivity contribution < 1.29 is 4.74 Å². The van der Waals surface area contributed by atoms with Crippen LogP contribution in [0.15, 0.2) is 36.7 Å². The Hall–Kier alpha value is -1.72. The van der Waals surface area contributed by atoms with Crippen LogP contribution in [0.4, 0.5) is 0 Å². The van der Waals surface area contributed by atoms with Crippen molar-refractivity contribution in [2.45, 2.75) is 45.5 Å². The van der Waals surface area contributed by atoms with E-state index in [1.165, 1.54) is 12.0 Å². The van der Waals surface area contributed by atoms with E-state index in [9.17, 15) is 0 Å². The average molecular weight is 300 g/mol. The zero-order valence-corrected chi connectivity index (χ0v) is 13.2. The second-order valence-electron chi connectivity index (χ2n) is 5.78. The quantitative estimate of drug-likeness (QED) is 0.788. The predicted octanol–water partition coefficient (Wildman–Crippen LogP) is 2.48. The van der Waals surface area contributed by atoms with E-state index >= 15 is 0 Å². The highest BCUT2D eigenvalue weighted by atomic mass is 16.5. The van der Waals surface area contributed by atoms with E-state index in [1.54, 1.807) is 6.33 Å². The first-order valence-electron chi connectivity index (χ1n) is 8.09. The van der Waals surface area contributed by atoms with Gasteiger partial charge in [0.2, 0.25) is 0 Å². The van der Waals surface area contributed by atoms with Crippen LogP contribution in [-0.4, -0.2) is 38.9 Å². The van der Waals surface area contributed by atoms with Gasteiger partial charge in [0.1, 0.15) is 12.2 Å². The van der Waals surface area contributed by atoms with Crippen LogP contribution in [0.2, 0.25) is 0 Å². The fourth-order valence-corrected chi connectivity index (χ4v) is 2.98. The first kappa shape index (κ1) is 15.2. The molecule has 1 saturated heterocycles. The highest BCUT2D eigenvalue weighted by molar-refractivity contribution is 5.14. The summed E-state index contributed by atoms with van der Waals surface area (Å²) in [5, 5.41) is 4.27. The third-order valence-electron chi connectivity index (χ3n) is 4.10. The molecule has 0 saturated carbocycles. The van der Waals surface area contributed by atoms with Crippen molar-refractivity contribution in [3.05, 3.63) is 48.0 Å². The molecule has 1 aromatic heterocycles. The summed E-state index contributed by atoms with van der Waals surface area (Å²) in [6, 6.07) is 10.6. The third kappa shape index (κ3) is 3.93. The molecule has 5 nitrogen and oxygen atoms in total. The van der Waals surface area contributed by atoms with Crippen LogP contribution in [0, 0.1) is 0 Å². The number of benzene rings is 1. The number of hydrogen-bond acceptors (Lipinski definition) is 4. The van der Waals surface area contributed by atoms with Crippen LogP contribution < -0.4 is 0 Å². The van der Waals surface area contributed by atoms with Crippen LogP contribution in [0.5, 0.6) is 0 Å². The Labute approximate surface area is 131 Å². The van der Waals surface area contributed by atoms with E-state index in [0.717, 1.165) is 45.0 Å². The Morgan fingerprint density at radius 2 is 2.14 bits per heavy atom. The molecule has 0 unspecified atom stereocenters. The van der Waals surface area contributed by atoms with Crippen molar-refractivity contribution >= 4 is 0 Å². The lowest BCUT2D eigenvalue weighted by atomic mass is 10.2. The molecule has 1 atom stereocenters. The summed E-state index contributed by atoms with van der Waals surface area (Å²) in [5.41, 5.74) is 1.32. The Morgan fingerprint density at radius 1 is 1.27 bits per heavy atom. The predicted molar refractivity (Wildman–Crippen MR) is 85.2 cm³/mol. The number of rotatable bonds is 7. The zero-order valence-electron chi connectivity index (χ0n) is 13.2. The van der Waals surface area contributed by atoms with E-state index in [2.05, 4.69) is 52.2 Å². The lowest BCUT2D eigenvalue weighted by Crippen LogP contribution is -2.32. The molecule has 0 N–H and O–H groups in total. The van der Waals surface area contributed by atoms with Gasteiger partial charge in [-0.3, -0.25) is 4.90 Å². The van der Waals surface area contributed by atoms with E-state index < -0.39 is 0 Å². The van der Waals surface area contributed by atoms with Gasteiger partial charge in [-0.05, 0) is 25.3 Å². The Balaban J connectivity index is 1.70. The van der Waals surface area contributed by atoms with E-state index in [4.69, 9.17) is 4.74 Å². The lowest BCUT2D eigenvalue weighted by molar-refractivity contribution is 0.0665. The SMILES string of the molecule is CCn1ncnc1CN(Cc1ccccc1)C[C@H]1CCCO1. The molecule has 5 heteroatoms. The van der Waals surface area contributed by atoms with Crippen molar-refractivity contribution in [2.24, 2.45) is 0 Å². The molecule has 0 amide bonds. The summed E-state index contributed by atoms with van der Waals surface area (Å²) >= 11 is 0. The van der Waals surface area contributed by atoms with Gasteiger partial charge in [-0.2, -0.15) is 5.10 Å². The van der Waals surface area contributed by atoms with Gasteiger partial charge in [0.25, 0.3) is 0 Å². The first-order valence-corrected chi connectivity index (χ1v) is 8.09. The molecule has 22 heavy (non-hydrogen) atoms. The van der Waals surface area contributed by atoms with Crippen LogP contribution in [0.3, 0.4) is 0 Å².